The lowest BCUT2D eigenvalue weighted by Gasteiger charge is -2.20. The topological polar surface area (TPSA) is 21.9 Å². The van der Waals surface area contributed by atoms with Crippen LogP contribution in [0.2, 0.25) is 0 Å². The minimum Gasteiger partial charge on any atom is -0.309 e. The Morgan fingerprint density at radius 3 is 2.00 bits per heavy atom. The summed E-state index contributed by atoms with van der Waals surface area (Å²) in [6, 6.07) is 59.6. The Labute approximate surface area is 306 Å². The minimum atomic E-state index is 0.227. The molecule has 3 nitrogen and oxygen atoms in total. The molecular weight excluding hydrogens is 651 g/mol. The molecule has 0 radical (unpaired) electrons. The second kappa shape index (κ2) is 12.6. The highest BCUT2D eigenvalue weighted by atomic mass is 32.1. The third-order valence-corrected chi connectivity index (χ3v) is 11.8. The van der Waals surface area contributed by atoms with Crippen LogP contribution in [0.4, 0.5) is 0 Å². The Morgan fingerprint density at radius 2 is 1.21 bits per heavy atom. The molecule has 0 saturated carbocycles. The number of aromatic nitrogens is 2. The smallest absolute Gasteiger partial charge is 0.0731 e. The van der Waals surface area contributed by atoms with Gasteiger partial charge < -0.3 is 4.57 Å². The third-order valence-electron chi connectivity index (χ3n) is 10.6. The summed E-state index contributed by atoms with van der Waals surface area (Å²) in [7, 11) is 0. The lowest BCUT2D eigenvalue weighted by molar-refractivity contribution is 0.722. The predicted octanol–water partition coefficient (Wildman–Crippen LogP) is 13.4. The summed E-state index contributed by atoms with van der Waals surface area (Å²) >= 11 is 1.92. The van der Waals surface area contributed by atoms with Gasteiger partial charge in [0.2, 0.25) is 0 Å². The molecule has 1 unspecified atom stereocenters. The van der Waals surface area contributed by atoms with Crippen LogP contribution in [0, 0.1) is 0 Å². The zero-order valence-electron chi connectivity index (χ0n) is 29.0. The van der Waals surface area contributed by atoms with Gasteiger partial charge in [0.05, 0.1) is 27.8 Å². The number of nitrogens with one attached hydrogen (secondary N) is 1. The van der Waals surface area contributed by atoms with Crippen LogP contribution >= 0.6 is 11.3 Å². The van der Waals surface area contributed by atoms with Crippen LogP contribution in [0.25, 0.3) is 75.2 Å². The molecule has 0 aliphatic rings. The number of fused-ring (bicyclic) bond motifs is 9. The van der Waals surface area contributed by atoms with Gasteiger partial charge in [-0.1, -0.05) is 141 Å². The Morgan fingerprint density at radius 1 is 0.577 bits per heavy atom. The fourth-order valence-electron chi connectivity index (χ4n) is 8.24. The van der Waals surface area contributed by atoms with Gasteiger partial charge in [0, 0.05) is 53.3 Å². The first kappa shape index (κ1) is 30.7. The number of rotatable bonds is 8. The largest absolute Gasteiger partial charge is 0.309 e. The van der Waals surface area contributed by atoms with Gasteiger partial charge in [-0.2, -0.15) is 0 Å². The molecule has 0 bridgehead atoms. The van der Waals surface area contributed by atoms with Crippen LogP contribution in [-0.2, 0) is 0 Å². The molecule has 3 heterocycles. The van der Waals surface area contributed by atoms with E-state index in [1.165, 1.54) is 58.3 Å². The summed E-state index contributed by atoms with van der Waals surface area (Å²) < 4.78 is 7.45. The van der Waals surface area contributed by atoms with Gasteiger partial charge in [0.15, 0.2) is 0 Å². The number of hydrogen-bond donors (Lipinski definition) is 1. The van der Waals surface area contributed by atoms with Crippen molar-refractivity contribution in [3.63, 3.8) is 0 Å². The zero-order valence-corrected chi connectivity index (χ0v) is 29.8. The van der Waals surface area contributed by atoms with E-state index in [1.54, 1.807) is 0 Å². The summed E-state index contributed by atoms with van der Waals surface area (Å²) in [6.07, 6.45) is 4.62. The number of thiophene rings is 1. The zero-order chi connectivity index (χ0) is 34.6. The van der Waals surface area contributed by atoms with Crippen LogP contribution in [0.15, 0.2) is 170 Å². The van der Waals surface area contributed by atoms with E-state index in [0.717, 1.165) is 40.8 Å². The summed E-state index contributed by atoms with van der Waals surface area (Å²) in [5, 5.41) is 7.68. The maximum absolute atomic E-state index is 4.02. The first-order valence-electron chi connectivity index (χ1n) is 18.2. The predicted molar refractivity (Wildman–Crippen MR) is 225 cm³/mol. The maximum atomic E-state index is 4.02. The highest BCUT2D eigenvalue weighted by Crippen LogP contribution is 2.42. The van der Waals surface area contributed by atoms with E-state index in [-0.39, 0.29) is 5.92 Å². The van der Waals surface area contributed by atoms with Crippen molar-refractivity contribution in [2.24, 2.45) is 0 Å². The van der Waals surface area contributed by atoms with Crippen LogP contribution in [0.3, 0.4) is 0 Å². The molecule has 52 heavy (non-hydrogen) atoms. The summed E-state index contributed by atoms with van der Waals surface area (Å²) in [5.74, 6) is 0.227. The van der Waals surface area contributed by atoms with E-state index in [1.807, 2.05) is 11.3 Å². The Hall–Kier alpha value is -6.10. The highest BCUT2D eigenvalue weighted by molar-refractivity contribution is 7.26. The Kier molecular flexibility index (Phi) is 7.43. The minimum absolute atomic E-state index is 0.227. The Balaban J connectivity index is 1.21. The molecule has 7 aromatic carbocycles. The van der Waals surface area contributed by atoms with Crippen molar-refractivity contribution >= 4 is 80.8 Å². The molecule has 0 fully saturated rings. The molecule has 0 amide bonds. The van der Waals surface area contributed by atoms with E-state index in [9.17, 15) is 0 Å². The fraction of sp³-hybridized carbons (Fsp3) is 0.0833. The second-order valence-corrected chi connectivity index (χ2v) is 14.8. The molecule has 0 saturated heterocycles. The molecular formula is C48H37N3S. The number of nitrogens with zero attached hydrogens (tertiary/aromatic N) is 2. The average Bonchev–Trinajstić information content (AvgIpc) is 3.85. The van der Waals surface area contributed by atoms with Crippen LogP contribution < -0.4 is 5.43 Å². The molecule has 4 heteroatoms. The maximum Gasteiger partial charge on any atom is 0.0731 e. The standard InChI is InChI=1S/C48H37N3S/c1-2-16-33(35-24-15-25-39-38-23-11-14-28-47(38)52-48(35)39)29-42(32-17-5-3-6-18-32)49-51-44-27-13-10-22-37(44)41-30-40-36-21-9-12-26-43(36)50(45(40)31-46(41)51)34-19-7-4-8-20-34/h3-15,17-31,33,49H,2,16H2,1H3. The average molecular weight is 688 g/mol. The van der Waals surface area contributed by atoms with Gasteiger partial charge in [-0.3, -0.25) is 10.1 Å². The summed E-state index contributed by atoms with van der Waals surface area (Å²) in [6.45, 7) is 2.30. The highest BCUT2D eigenvalue weighted by Gasteiger charge is 2.20. The van der Waals surface area contributed by atoms with Crippen molar-refractivity contribution in [2.75, 3.05) is 5.43 Å². The lowest BCUT2D eigenvalue weighted by Crippen LogP contribution is -2.14. The molecule has 0 spiro atoms. The van der Waals surface area contributed by atoms with Gasteiger partial charge >= 0.3 is 0 Å². The van der Waals surface area contributed by atoms with Crippen molar-refractivity contribution in [1.82, 2.24) is 9.24 Å². The van der Waals surface area contributed by atoms with Gasteiger partial charge in [0.1, 0.15) is 0 Å². The third kappa shape index (κ3) is 4.94. The van der Waals surface area contributed by atoms with E-state index < -0.39 is 0 Å². The van der Waals surface area contributed by atoms with E-state index in [4.69, 9.17) is 0 Å². The molecule has 0 aliphatic carbocycles. The molecule has 10 rings (SSSR count). The van der Waals surface area contributed by atoms with Gasteiger partial charge in [-0.05, 0) is 60.0 Å². The fourth-order valence-corrected chi connectivity index (χ4v) is 9.52. The monoisotopic (exact) mass is 687 g/mol. The first-order valence-corrected chi connectivity index (χ1v) is 19.0. The van der Waals surface area contributed by atoms with Crippen molar-refractivity contribution in [3.05, 3.63) is 181 Å². The number of benzene rings is 7. The summed E-state index contributed by atoms with van der Waals surface area (Å²) in [5.41, 5.74) is 13.5. The second-order valence-electron chi connectivity index (χ2n) is 13.7. The van der Waals surface area contributed by atoms with Crippen molar-refractivity contribution in [1.29, 1.82) is 0 Å². The normalized spacial score (nSPS) is 12.9. The van der Waals surface area contributed by atoms with E-state index in [0.29, 0.717) is 0 Å². The van der Waals surface area contributed by atoms with Crippen LogP contribution in [0.5, 0.6) is 0 Å². The number of para-hydroxylation sites is 3. The molecule has 0 aliphatic heterocycles. The number of allylic oxidation sites excluding steroid dienone is 1. The van der Waals surface area contributed by atoms with Gasteiger partial charge in [-0.25, -0.2) is 0 Å². The quantitative estimate of drug-likeness (QED) is 0.169. The molecule has 1 atom stereocenters. The van der Waals surface area contributed by atoms with Gasteiger partial charge in [-0.15, -0.1) is 11.3 Å². The first-order chi connectivity index (χ1) is 25.8. The molecule has 250 valence electrons. The van der Waals surface area contributed by atoms with E-state index in [2.05, 4.69) is 191 Å². The van der Waals surface area contributed by atoms with Crippen molar-refractivity contribution < 1.29 is 0 Å². The molecule has 1 N–H and O–H groups in total. The lowest BCUT2D eigenvalue weighted by atomic mass is 9.91. The van der Waals surface area contributed by atoms with E-state index >= 15 is 0 Å². The van der Waals surface area contributed by atoms with Crippen molar-refractivity contribution in [2.45, 2.75) is 25.7 Å². The van der Waals surface area contributed by atoms with Gasteiger partial charge in [0.25, 0.3) is 0 Å². The number of hydrogen-bond acceptors (Lipinski definition) is 2. The van der Waals surface area contributed by atoms with Crippen molar-refractivity contribution in [3.8, 4) is 5.69 Å². The molecule has 3 aromatic heterocycles. The SMILES string of the molecule is CCCC(C=C(Nn1c2ccccc2c2cc3c4ccccc4n(-c4ccccc4)c3cc21)c1ccccc1)c1cccc2c1sc1ccccc12. The summed E-state index contributed by atoms with van der Waals surface area (Å²) in [4.78, 5) is 0. The Bertz CT molecular complexity index is 2940. The van der Waals surface area contributed by atoms with Crippen LogP contribution in [-0.4, -0.2) is 9.24 Å². The van der Waals surface area contributed by atoms with Crippen LogP contribution in [0.1, 0.15) is 36.8 Å². The molecule has 10 aromatic rings.